The molecule has 1 atom stereocenters. The highest BCUT2D eigenvalue weighted by Gasteiger charge is 2.29. The largest absolute Gasteiger partial charge is 0.495 e. The number of amides is 2. The molecule has 1 heterocycles. The van der Waals surface area contributed by atoms with Gasteiger partial charge in [0.25, 0.3) is 11.8 Å². The van der Waals surface area contributed by atoms with E-state index in [2.05, 4.69) is 5.32 Å². The third-order valence-corrected chi connectivity index (χ3v) is 6.66. The number of carbonyl (C=O) groups is 2. The Morgan fingerprint density at radius 2 is 1.89 bits per heavy atom. The summed E-state index contributed by atoms with van der Waals surface area (Å²) < 4.78 is 25.9. The van der Waals surface area contributed by atoms with Crippen molar-refractivity contribution in [3.8, 4) is 5.75 Å². The molecule has 1 aliphatic rings. The van der Waals surface area contributed by atoms with Crippen LogP contribution >= 0.6 is 0 Å². The van der Waals surface area contributed by atoms with Crippen LogP contribution in [0.3, 0.4) is 0 Å². The molecule has 2 amide bonds. The fourth-order valence-electron chi connectivity index (χ4n) is 4.60. The van der Waals surface area contributed by atoms with Crippen LogP contribution in [0.2, 0.25) is 0 Å². The van der Waals surface area contributed by atoms with Crippen LogP contribution in [0.1, 0.15) is 50.8 Å². The first-order valence-electron chi connectivity index (χ1n) is 12.7. The van der Waals surface area contributed by atoms with Gasteiger partial charge in [-0.05, 0) is 81.9 Å². The first-order valence-corrected chi connectivity index (χ1v) is 12.7. The first kappa shape index (κ1) is 27.3. The highest BCUT2D eigenvalue weighted by molar-refractivity contribution is 6.09. The number of ether oxygens (including phenoxy) is 2. The number of benzene rings is 3. The van der Waals surface area contributed by atoms with Gasteiger partial charge in [0.15, 0.2) is 0 Å². The van der Waals surface area contributed by atoms with Gasteiger partial charge in [0.1, 0.15) is 11.6 Å². The molecule has 1 unspecified atom stereocenters. The third-order valence-electron chi connectivity index (χ3n) is 6.66. The number of rotatable bonds is 8. The summed E-state index contributed by atoms with van der Waals surface area (Å²) in [6.45, 7) is 3.60. The Morgan fingerprint density at radius 1 is 1.11 bits per heavy atom. The molecule has 0 saturated heterocycles. The van der Waals surface area contributed by atoms with Crippen LogP contribution in [-0.2, 0) is 4.74 Å². The smallest absolute Gasteiger partial charge is 0.258 e. The minimum atomic E-state index is -0.366. The molecule has 200 valence electrons. The predicted octanol–water partition coefficient (Wildman–Crippen LogP) is 5.45. The van der Waals surface area contributed by atoms with Crippen molar-refractivity contribution in [1.29, 1.82) is 0 Å². The summed E-state index contributed by atoms with van der Waals surface area (Å²) in [5, 5.41) is 2.88. The van der Waals surface area contributed by atoms with Crippen LogP contribution < -0.4 is 15.0 Å². The second kappa shape index (κ2) is 12.2. The number of halogens is 1. The Morgan fingerprint density at radius 3 is 2.63 bits per heavy atom. The minimum Gasteiger partial charge on any atom is -0.495 e. The lowest BCUT2D eigenvalue weighted by Gasteiger charge is -2.25. The zero-order chi connectivity index (χ0) is 27.2. The zero-order valence-corrected chi connectivity index (χ0v) is 22.3. The van der Waals surface area contributed by atoms with Gasteiger partial charge in [0.2, 0.25) is 0 Å². The standard InChI is InChI=1S/C30H34FN3O4/c1-20-8-5-6-9-23(20)29(35)32-25-13-11-21(18-28(25)37-4)30(36)34-15-7-10-27(38-17-16-33(2)3)24-19-22(31)12-14-26(24)34/h5-6,8-9,11-14,18-19,27H,7,10,15-17H2,1-4H3,(H,32,35). The highest BCUT2D eigenvalue weighted by Crippen LogP contribution is 2.37. The maximum atomic E-state index is 14.3. The van der Waals surface area contributed by atoms with Crippen LogP contribution in [-0.4, -0.2) is 57.6 Å². The summed E-state index contributed by atoms with van der Waals surface area (Å²) in [5.41, 5.74) is 3.59. The molecule has 8 heteroatoms. The number of fused-ring (bicyclic) bond motifs is 1. The van der Waals surface area contributed by atoms with Gasteiger partial charge in [-0.2, -0.15) is 0 Å². The number of nitrogens with zero attached hydrogens (tertiary/aromatic N) is 2. The molecule has 3 aromatic rings. The topological polar surface area (TPSA) is 71.1 Å². The molecule has 7 nitrogen and oxygen atoms in total. The maximum absolute atomic E-state index is 14.3. The predicted molar refractivity (Wildman–Crippen MR) is 147 cm³/mol. The maximum Gasteiger partial charge on any atom is 0.258 e. The molecule has 0 radical (unpaired) electrons. The quantitative estimate of drug-likeness (QED) is 0.428. The van der Waals surface area contributed by atoms with Crippen LogP contribution in [0.15, 0.2) is 60.7 Å². The molecule has 0 aromatic heterocycles. The Balaban J connectivity index is 1.59. The van der Waals surface area contributed by atoms with Gasteiger partial charge in [0, 0.05) is 35.5 Å². The zero-order valence-electron chi connectivity index (χ0n) is 22.3. The van der Waals surface area contributed by atoms with Crippen molar-refractivity contribution in [3.63, 3.8) is 0 Å². The molecule has 4 rings (SSSR count). The van der Waals surface area contributed by atoms with Gasteiger partial charge in [-0.3, -0.25) is 9.59 Å². The number of anilines is 2. The van der Waals surface area contributed by atoms with Gasteiger partial charge in [-0.25, -0.2) is 4.39 Å². The molecule has 1 N–H and O–H groups in total. The van der Waals surface area contributed by atoms with Crippen molar-refractivity contribution in [2.45, 2.75) is 25.9 Å². The fourth-order valence-corrected chi connectivity index (χ4v) is 4.60. The Hall–Kier alpha value is -3.75. The van der Waals surface area contributed by atoms with Crippen molar-refractivity contribution < 1.29 is 23.5 Å². The van der Waals surface area contributed by atoms with Crippen molar-refractivity contribution >= 4 is 23.2 Å². The number of aryl methyl sites for hydroxylation is 1. The molecule has 0 aliphatic carbocycles. The fraction of sp³-hybridized carbons (Fsp3) is 0.333. The van der Waals surface area contributed by atoms with E-state index >= 15 is 0 Å². The number of nitrogens with one attached hydrogen (secondary N) is 1. The van der Waals surface area contributed by atoms with Crippen LogP contribution in [0.4, 0.5) is 15.8 Å². The second-order valence-electron chi connectivity index (χ2n) is 9.65. The molecule has 1 aliphatic heterocycles. The summed E-state index contributed by atoms with van der Waals surface area (Å²) in [6.07, 6.45) is 1.09. The summed E-state index contributed by atoms with van der Waals surface area (Å²) in [7, 11) is 5.43. The average molecular weight is 520 g/mol. The lowest BCUT2D eigenvalue weighted by atomic mass is 10.0. The first-order chi connectivity index (χ1) is 18.3. The van der Waals surface area contributed by atoms with E-state index in [-0.39, 0.29) is 23.7 Å². The molecule has 3 aromatic carbocycles. The number of hydrogen-bond donors (Lipinski definition) is 1. The van der Waals surface area contributed by atoms with Crippen molar-refractivity contribution in [3.05, 3.63) is 88.7 Å². The van der Waals surface area contributed by atoms with Crippen LogP contribution in [0.25, 0.3) is 0 Å². The summed E-state index contributed by atoms with van der Waals surface area (Å²) in [6, 6.07) is 16.7. The molecule has 38 heavy (non-hydrogen) atoms. The van der Waals surface area contributed by atoms with E-state index in [1.54, 1.807) is 35.2 Å². The number of hydrogen-bond acceptors (Lipinski definition) is 5. The SMILES string of the molecule is COc1cc(C(=O)N2CCCC(OCCN(C)C)c3cc(F)ccc32)ccc1NC(=O)c1ccccc1C. The van der Waals surface area contributed by atoms with E-state index in [9.17, 15) is 14.0 Å². The highest BCUT2D eigenvalue weighted by atomic mass is 19.1. The van der Waals surface area contributed by atoms with E-state index in [0.29, 0.717) is 59.8 Å². The van der Waals surface area contributed by atoms with E-state index in [1.807, 2.05) is 44.1 Å². The van der Waals surface area contributed by atoms with E-state index in [0.717, 1.165) is 12.1 Å². The lowest BCUT2D eigenvalue weighted by molar-refractivity contribution is 0.0384. The second-order valence-corrected chi connectivity index (χ2v) is 9.65. The Labute approximate surface area is 223 Å². The number of carbonyl (C=O) groups excluding carboxylic acids is 2. The lowest BCUT2D eigenvalue weighted by Crippen LogP contribution is -2.32. The van der Waals surface area contributed by atoms with Crippen LogP contribution in [0, 0.1) is 12.7 Å². The van der Waals surface area contributed by atoms with Crippen molar-refractivity contribution in [1.82, 2.24) is 4.90 Å². The van der Waals surface area contributed by atoms with E-state index in [4.69, 9.17) is 9.47 Å². The van der Waals surface area contributed by atoms with Crippen LogP contribution in [0.5, 0.6) is 5.75 Å². The summed E-state index contributed by atoms with van der Waals surface area (Å²) >= 11 is 0. The van der Waals surface area contributed by atoms with E-state index in [1.165, 1.54) is 19.2 Å². The molecular formula is C30H34FN3O4. The number of methoxy groups -OCH3 is 1. The van der Waals surface area contributed by atoms with Gasteiger partial charge in [0.05, 0.1) is 25.5 Å². The molecule has 0 bridgehead atoms. The summed E-state index contributed by atoms with van der Waals surface area (Å²) in [4.78, 5) is 30.2. The minimum absolute atomic E-state index is 0.234. The Kier molecular flexibility index (Phi) is 8.76. The van der Waals surface area contributed by atoms with E-state index < -0.39 is 0 Å². The molecule has 0 fully saturated rings. The molecular weight excluding hydrogens is 485 g/mol. The summed E-state index contributed by atoms with van der Waals surface area (Å²) in [5.74, 6) is -0.488. The van der Waals surface area contributed by atoms with Crippen molar-refractivity contribution in [2.24, 2.45) is 0 Å². The Bertz CT molecular complexity index is 1310. The third kappa shape index (κ3) is 6.20. The van der Waals surface area contributed by atoms with Gasteiger partial charge in [-0.15, -0.1) is 0 Å². The monoisotopic (exact) mass is 519 g/mol. The average Bonchev–Trinajstić information content (AvgIpc) is 3.07. The van der Waals surface area contributed by atoms with Crippen molar-refractivity contribution in [2.75, 3.05) is 51.1 Å². The molecule has 0 spiro atoms. The molecule has 0 saturated carbocycles. The normalized spacial score (nSPS) is 15.1. The van der Waals surface area contributed by atoms with Gasteiger partial charge < -0.3 is 24.6 Å². The number of likely N-dealkylation sites (N-methyl/N-ethyl adjacent to an activating group) is 1. The van der Waals surface area contributed by atoms with Gasteiger partial charge in [-0.1, -0.05) is 18.2 Å². The van der Waals surface area contributed by atoms with Gasteiger partial charge >= 0.3 is 0 Å².